The van der Waals surface area contributed by atoms with Crippen molar-refractivity contribution in [3.8, 4) is 11.8 Å². The Kier molecular flexibility index (Phi) is 7.24. The second-order valence-electron chi connectivity index (χ2n) is 6.21. The quantitative estimate of drug-likeness (QED) is 0.388. The van der Waals surface area contributed by atoms with E-state index < -0.39 is 5.97 Å². The molecule has 0 saturated carbocycles. The summed E-state index contributed by atoms with van der Waals surface area (Å²) in [5.41, 5.74) is 0.792. The van der Waals surface area contributed by atoms with Gasteiger partial charge in [0.25, 0.3) is 17.3 Å². The van der Waals surface area contributed by atoms with Crippen molar-refractivity contribution in [1.29, 1.82) is 0 Å². The van der Waals surface area contributed by atoms with Crippen LogP contribution in [-0.4, -0.2) is 24.7 Å². The third kappa shape index (κ3) is 5.01. The molecule has 0 aliphatic rings. The average molecular weight is 395 g/mol. The zero-order valence-corrected chi connectivity index (χ0v) is 16.6. The van der Waals surface area contributed by atoms with Crippen LogP contribution in [0.5, 0.6) is 11.8 Å². The second-order valence-corrected chi connectivity index (χ2v) is 6.62. The lowest BCUT2D eigenvalue weighted by atomic mass is 10.1. The Hall–Kier alpha value is -2.54. The van der Waals surface area contributed by atoms with E-state index in [1.165, 1.54) is 7.11 Å². The number of methoxy groups -OCH3 is 1. The monoisotopic (exact) mass is 394 g/mol. The van der Waals surface area contributed by atoms with Crippen LogP contribution in [-0.2, 0) is 17.8 Å². The van der Waals surface area contributed by atoms with E-state index in [0.29, 0.717) is 16.2 Å². The van der Waals surface area contributed by atoms with E-state index in [1.807, 2.05) is 32.0 Å². The van der Waals surface area contributed by atoms with Gasteiger partial charge in [0.2, 0.25) is 0 Å². The molecule has 8 heteroatoms. The van der Waals surface area contributed by atoms with Gasteiger partial charge in [-0.3, -0.25) is 0 Å². The fraction of sp³-hybridized carbons (Fsp3) is 0.421. The van der Waals surface area contributed by atoms with Gasteiger partial charge >= 0.3 is 11.8 Å². The largest absolute Gasteiger partial charge is 0.616 e. The molecular formula is C19H23ClN2O5. The lowest BCUT2D eigenvalue weighted by Crippen LogP contribution is -2.38. The Balaban J connectivity index is 2.48. The van der Waals surface area contributed by atoms with Crippen LogP contribution < -0.4 is 14.2 Å². The number of hydrogen-bond donors (Lipinski definition) is 0. The highest BCUT2D eigenvalue weighted by atomic mass is 35.5. The summed E-state index contributed by atoms with van der Waals surface area (Å²) >= 11 is 6.16. The van der Waals surface area contributed by atoms with E-state index in [1.54, 1.807) is 13.0 Å². The van der Waals surface area contributed by atoms with Gasteiger partial charge in [-0.15, -0.1) is 4.73 Å². The number of carbonyl (C=O) groups is 1. The molecular weight excluding hydrogens is 372 g/mol. The van der Waals surface area contributed by atoms with Crippen LogP contribution in [0.25, 0.3) is 0 Å². The number of benzene rings is 1. The molecule has 0 unspecified atom stereocenters. The summed E-state index contributed by atoms with van der Waals surface area (Å²) in [6.45, 7) is 5.84. The van der Waals surface area contributed by atoms with Gasteiger partial charge < -0.3 is 19.4 Å². The second kappa shape index (κ2) is 9.41. The first-order valence-corrected chi connectivity index (χ1v) is 9.00. The number of ether oxygens (including phenoxy) is 3. The molecule has 7 nitrogen and oxygen atoms in total. The van der Waals surface area contributed by atoms with Gasteiger partial charge in [0, 0.05) is 17.0 Å². The molecule has 27 heavy (non-hydrogen) atoms. The highest BCUT2D eigenvalue weighted by Gasteiger charge is 2.31. The maximum Gasteiger partial charge on any atom is 0.414 e. The lowest BCUT2D eigenvalue weighted by Gasteiger charge is -2.16. The highest BCUT2D eigenvalue weighted by molar-refractivity contribution is 6.31. The van der Waals surface area contributed by atoms with Crippen LogP contribution in [0.15, 0.2) is 24.3 Å². The lowest BCUT2D eigenvalue weighted by molar-refractivity contribution is -0.622. The highest BCUT2D eigenvalue weighted by Crippen LogP contribution is 2.24. The maximum absolute atomic E-state index is 12.8. The van der Waals surface area contributed by atoms with Crippen LogP contribution >= 0.6 is 11.6 Å². The molecule has 0 saturated heterocycles. The zero-order chi connectivity index (χ0) is 20.0. The minimum absolute atomic E-state index is 0.0578. The topological polar surface area (TPSA) is 84.6 Å². The van der Waals surface area contributed by atoms with Crippen molar-refractivity contribution in [3.05, 3.63) is 51.4 Å². The standard InChI is InChI=1S/C19H23ClN2O5/c1-5-26-19(23)16-18(25-4)22(24)15(10-12(2)3)17(21-16)27-11-13-8-6-7-9-14(13)20/h6-9,12H,5,10-11H2,1-4H3. The van der Waals surface area contributed by atoms with Crippen molar-refractivity contribution >= 4 is 17.6 Å². The molecule has 1 aromatic heterocycles. The number of aromatic nitrogens is 2. The van der Waals surface area contributed by atoms with Gasteiger partial charge in [0.05, 0.1) is 13.7 Å². The summed E-state index contributed by atoms with van der Waals surface area (Å²) in [6, 6.07) is 7.20. The number of carbonyl (C=O) groups excluding carboxylic acids is 1. The molecule has 0 atom stereocenters. The molecule has 2 aromatic rings. The first kappa shape index (κ1) is 20.8. The summed E-state index contributed by atoms with van der Waals surface area (Å²) in [6.07, 6.45) is 0.397. The van der Waals surface area contributed by atoms with Crippen molar-refractivity contribution in [2.75, 3.05) is 13.7 Å². The Morgan fingerprint density at radius 3 is 2.63 bits per heavy atom. The maximum atomic E-state index is 12.8. The van der Waals surface area contributed by atoms with Crippen LogP contribution in [0.4, 0.5) is 0 Å². The average Bonchev–Trinajstić information content (AvgIpc) is 2.63. The van der Waals surface area contributed by atoms with Gasteiger partial charge in [-0.05, 0) is 18.9 Å². The summed E-state index contributed by atoms with van der Waals surface area (Å²) in [7, 11) is 1.30. The minimum Gasteiger partial charge on any atom is -0.616 e. The molecule has 0 aliphatic heterocycles. The van der Waals surface area contributed by atoms with E-state index in [4.69, 9.17) is 25.8 Å². The first-order valence-electron chi connectivity index (χ1n) is 8.62. The first-order chi connectivity index (χ1) is 12.9. The molecule has 0 bridgehead atoms. The smallest absolute Gasteiger partial charge is 0.414 e. The Morgan fingerprint density at radius 1 is 1.33 bits per heavy atom. The van der Waals surface area contributed by atoms with E-state index in [-0.39, 0.29) is 42.3 Å². The van der Waals surface area contributed by atoms with Crippen LogP contribution in [0.2, 0.25) is 5.02 Å². The minimum atomic E-state index is -0.752. The molecule has 0 amide bonds. The number of rotatable bonds is 8. The molecule has 0 radical (unpaired) electrons. The molecule has 0 aliphatic carbocycles. The van der Waals surface area contributed by atoms with Gasteiger partial charge in [-0.25, -0.2) is 4.79 Å². The van der Waals surface area contributed by atoms with Gasteiger partial charge in [0.15, 0.2) is 0 Å². The Labute approximate surface area is 163 Å². The van der Waals surface area contributed by atoms with E-state index >= 15 is 0 Å². The van der Waals surface area contributed by atoms with E-state index in [2.05, 4.69) is 4.98 Å². The SMILES string of the molecule is CCOC(=O)c1nc(OCc2ccccc2Cl)c(CC(C)C)[n+]([O-])c1OC. The Bertz CT molecular complexity index is 811. The molecule has 0 N–H and O–H groups in total. The fourth-order valence-corrected chi connectivity index (χ4v) is 2.66. The third-order valence-corrected chi connectivity index (χ3v) is 4.05. The van der Waals surface area contributed by atoms with Crippen molar-refractivity contribution in [1.82, 2.24) is 4.98 Å². The molecule has 0 spiro atoms. The molecule has 146 valence electrons. The predicted molar refractivity (Wildman–Crippen MR) is 100 cm³/mol. The Morgan fingerprint density at radius 2 is 2.04 bits per heavy atom. The number of nitrogens with zero attached hydrogens (tertiary/aromatic N) is 2. The van der Waals surface area contributed by atoms with E-state index in [9.17, 15) is 10.0 Å². The summed E-state index contributed by atoms with van der Waals surface area (Å²) in [4.78, 5) is 16.4. The number of hydrogen-bond acceptors (Lipinski definition) is 6. The molecule has 1 heterocycles. The van der Waals surface area contributed by atoms with Crippen molar-refractivity contribution in [2.45, 2.75) is 33.8 Å². The van der Waals surface area contributed by atoms with Gasteiger partial charge in [0.1, 0.15) is 6.61 Å². The third-order valence-electron chi connectivity index (χ3n) is 3.68. The van der Waals surface area contributed by atoms with Crippen LogP contribution in [0.1, 0.15) is 42.5 Å². The van der Waals surface area contributed by atoms with Gasteiger partial charge in [-0.1, -0.05) is 43.6 Å². The zero-order valence-electron chi connectivity index (χ0n) is 15.8. The predicted octanol–water partition coefficient (Wildman–Crippen LogP) is 3.33. The number of esters is 1. The van der Waals surface area contributed by atoms with E-state index in [0.717, 1.165) is 5.56 Å². The molecule has 0 fully saturated rings. The van der Waals surface area contributed by atoms with Crippen LogP contribution in [0.3, 0.4) is 0 Å². The molecule has 1 aromatic carbocycles. The number of halogens is 1. The summed E-state index contributed by atoms with van der Waals surface area (Å²) in [5.74, 6) is -0.748. The normalized spacial score (nSPS) is 10.7. The van der Waals surface area contributed by atoms with Crippen molar-refractivity contribution in [2.24, 2.45) is 5.92 Å². The van der Waals surface area contributed by atoms with Gasteiger partial charge in [-0.2, -0.15) is 4.98 Å². The van der Waals surface area contributed by atoms with Crippen LogP contribution in [0, 0.1) is 11.1 Å². The van der Waals surface area contributed by atoms with Crippen molar-refractivity contribution < 1.29 is 23.7 Å². The fourth-order valence-electron chi connectivity index (χ4n) is 2.47. The van der Waals surface area contributed by atoms with Crippen molar-refractivity contribution in [3.63, 3.8) is 0 Å². The molecule has 2 rings (SSSR count). The summed E-state index contributed by atoms with van der Waals surface area (Å²) < 4.78 is 16.4. The summed E-state index contributed by atoms with van der Waals surface area (Å²) in [5, 5.41) is 13.3.